The lowest BCUT2D eigenvalue weighted by Crippen LogP contribution is -2.17. The van der Waals surface area contributed by atoms with E-state index in [1.54, 1.807) is 54.6 Å². The van der Waals surface area contributed by atoms with Gasteiger partial charge in [-0.05, 0) is 72.1 Å². The molecule has 1 heterocycles. The van der Waals surface area contributed by atoms with E-state index in [0.717, 1.165) is 4.88 Å². The number of carbonyl (C=O) groups excluding carboxylic acids is 4. The van der Waals surface area contributed by atoms with Crippen LogP contribution >= 0.6 is 22.9 Å². The fourth-order valence-corrected chi connectivity index (χ4v) is 3.48. The molecule has 1 amide bonds. The van der Waals surface area contributed by atoms with Crippen LogP contribution in [0.2, 0.25) is 5.02 Å². The first-order valence-corrected chi connectivity index (χ1v) is 11.3. The SMILES string of the molecule is O=C(CCC(=O)OCC(=O)c1ccc(Cl)cc1)Nc1ccc(C(=O)/C=C/c2cccs2)cc1. The van der Waals surface area contributed by atoms with E-state index < -0.39 is 12.6 Å². The zero-order valence-electron chi connectivity index (χ0n) is 17.5. The van der Waals surface area contributed by atoms with Crippen molar-refractivity contribution in [2.45, 2.75) is 12.8 Å². The maximum Gasteiger partial charge on any atom is 0.306 e. The largest absolute Gasteiger partial charge is 0.457 e. The summed E-state index contributed by atoms with van der Waals surface area (Å²) < 4.78 is 4.94. The molecule has 1 aromatic heterocycles. The van der Waals surface area contributed by atoms with Crippen molar-refractivity contribution in [3.63, 3.8) is 0 Å². The summed E-state index contributed by atoms with van der Waals surface area (Å²) in [7, 11) is 0. The van der Waals surface area contributed by atoms with Crippen molar-refractivity contribution in [1.29, 1.82) is 0 Å². The molecule has 0 radical (unpaired) electrons. The molecule has 8 heteroatoms. The summed E-state index contributed by atoms with van der Waals surface area (Å²) in [5.41, 5.74) is 1.38. The number of thiophene rings is 1. The molecule has 2 aromatic carbocycles. The van der Waals surface area contributed by atoms with Crippen LogP contribution in [0.15, 0.2) is 72.1 Å². The van der Waals surface area contributed by atoms with Crippen LogP contribution in [0.25, 0.3) is 6.08 Å². The molecule has 3 rings (SSSR count). The Morgan fingerprint density at radius 2 is 1.61 bits per heavy atom. The Bertz CT molecular complexity index is 1150. The second kappa shape index (κ2) is 11.9. The normalized spacial score (nSPS) is 10.7. The van der Waals surface area contributed by atoms with E-state index in [9.17, 15) is 19.2 Å². The average Bonchev–Trinajstić information content (AvgIpc) is 3.34. The van der Waals surface area contributed by atoms with Gasteiger partial charge in [0, 0.05) is 33.1 Å². The molecule has 0 atom stereocenters. The van der Waals surface area contributed by atoms with Crippen LogP contribution in [0.5, 0.6) is 0 Å². The number of ketones is 2. The number of allylic oxidation sites excluding steroid dienone is 1. The van der Waals surface area contributed by atoms with Crippen molar-refractivity contribution in [2.75, 3.05) is 11.9 Å². The van der Waals surface area contributed by atoms with Gasteiger partial charge in [-0.3, -0.25) is 19.2 Å². The van der Waals surface area contributed by atoms with Gasteiger partial charge in [-0.1, -0.05) is 17.7 Å². The molecular weight excluding hydrogens is 462 g/mol. The van der Waals surface area contributed by atoms with Crippen molar-refractivity contribution in [3.05, 3.63) is 93.1 Å². The Balaban J connectivity index is 1.40. The van der Waals surface area contributed by atoms with Gasteiger partial charge >= 0.3 is 5.97 Å². The van der Waals surface area contributed by atoms with Crippen molar-refractivity contribution in [3.8, 4) is 0 Å². The number of benzene rings is 2. The highest BCUT2D eigenvalue weighted by atomic mass is 35.5. The second-order valence-corrected chi connectivity index (χ2v) is 8.34. The molecule has 0 unspecified atom stereocenters. The molecule has 0 aliphatic carbocycles. The highest BCUT2D eigenvalue weighted by Crippen LogP contribution is 2.14. The second-order valence-electron chi connectivity index (χ2n) is 6.93. The molecule has 3 aromatic rings. The number of esters is 1. The van der Waals surface area contributed by atoms with E-state index in [0.29, 0.717) is 21.8 Å². The predicted octanol–water partition coefficient (Wildman–Crippen LogP) is 5.44. The Kier molecular flexibility index (Phi) is 8.69. The number of halogens is 1. The molecule has 1 N–H and O–H groups in total. The quantitative estimate of drug-likeness (QED) is 0.236. The lowest BCUT2D eigenvalue weighted by molar-refractivity contribution is -0.143. The molecule has 0 saturated carbocycles. The molecule has 0 bridgehead atoms. The Hall–Kier alpha value is -3.55. The first-order valence-electron chi connectivity index (χ1n) is 10.0. The molecule has 0 aliphatic rings. The third-order valence-corrected chi connectivity index (χ3v) is 5.57. The van der Waals surface area contributed by atoms with Crippen LogP contribution in [-0.4, -0.2) is 30.0 Å². The van der Waals surface area contributed by atoms with Crippen molar-refractivity contribution >= 4 is 58.1 Å². The number of hydrogen-bond donors (Lipinski definition) is 1. The summed E-state index contributed by atoms with van der Waals surface area (Å²) in [5, 5.41) is 5.09. The minimum atomic E-state index is -0.647. The van der Waals surface area contributed by atoms with Gasteiger partial charge in [0.2, 0.25) is 5.91 Å². The average molecular weight is 482 g/mol. The third kappa shape index (κ3) is 7.82. The van der Waals surface area contributed by atoms with Gasteiger partial charge in [-0.15, -0.1) is 11.3 Å². The van der Waals surface area contributed by atoms with Crippen LogP contribution in [-0.2, 0) is 14.3 Å². The summed E-state index contributed by atoms with van der Waals surface area (Å²) in [6.45, 7) is -0.404. The summed E-state index contributed by atoms with van der Waals surface area (Å²) in [4.78, 5) is 49.1. The fourth-order valence-electron chi connectivity index (χ4n) is 2.73. The highest BCUT2D eigenvalue weighted by molar-refractivity contribution is 7.10. The lowest BCUT2D eigenvalue weighted by Gasteiger charge is -2.07. The number of carbonyl (C=O) groups is 4. The topological polar surface area (TPSA) is 89.5 Å². The van der Waals surface area contributed by atoms with Gasteiger partial charge in [0.25, 0.3) is 0 Å². The first kappa shape index (κ1) is 24.1. The molecule has 0 fully saturated rings. The van der Waals surface area contributed by atoms with E-state index in [4.69, 9.17) is 16.3 Å². The lowest BCUT2D eigenvalue weighted by atomic mass is 10.1. The monoisotopic (exact) mass is 481 g/mol. The van der Waals surface area contributed by atoms with Crippen LogP contribution in [0.4, 0.5) is 5.69 Å². The number of hydrogen-bond acceptors (Lipinski definition) is 6. The summed E-state index contributed by atoms with van der Waals surface area (Å²) >= 11 is 7.31. The van der Waals surface area contributed by atoms with Crippen LogP contribution in [0.3, 0.4) is 0 Å². The van der Waals surface area contributed by atoms with E-state index in [-0.39, 0.29) is 30.3 Å². The predicted molar refractivity (Wildman–Crippen MR) is 129 cm³/mol. The molecule has 0 saturated heterocycles. The van der Waals surface area contributed by atoms with E-state index in [1.165, 1.54) is 17.4 Å². The molecule has 0 aliphatic heterocycles. The molecule has 168 valence electrons. The van der Waals surface area contributed by atoms with Crippen molar-refractivity contribution < 1.29 is 23.9 Å². The molecular formula is C25H20ClNO5S. The number of Topliss-reactive ketones (excluding diaryl/α,β-unsaturated/α-hetero) is 1. The van der Waals surface area contributed by atoms with E-state index in [1.807, 2.05) is 17.5 Å². The van der Waals surface area contributed by atoms with Gasteiger partial charge in [0.1, 0.15) is 0 Å². The highest BCUT2D eigenvalue weighted by Gasteiger charge is 2.12. The fraction of sp³-hybridized carbons (Fsp3) is 0.120. The first-order chi connectivity index (χ1) is 15.9. The minimum Gasteiger partial charge on any atom is -0.457 e. The number of amides is 1. The number of anilines is 1. The van der Waals surface area contributed by atoms with E-state index in [2.05, 4.69) is 5.32 Å². The maximum absolute atomic E-state index is 12.2. The van der Waals surface area contributed by atoms with E-state index >= 15 is 0 Å². The van der Waals surface area contributed by atoms with Gasteiger partial charge in [-0.2, -0.15) is 0 Å². The minimum absolute atomic E-state index is 0.0990. The van der Waals surface area contributed by atoms with Gasteiger partial charge in [0.15, 0.2) is 18.2 Å². The van der Waals surface area contributed by atoms with Gasteiger partial charge < -0.3 is 10.1 Å². The zero-order valence-corrected chi connectivity index (χ0v) is 19.0. The maximum atomic E-state index is 12.2. The molecule has 6 nitrogen and oxygen atoms in total. The Labute approximate surface area is 199 Å². The third-order valence-electron chi connectivity index (χ3n) is 4.48. The van der Waals surface area contributed by atoms with Crippen LogP contribution in [0.1, 0.15) is 38.4 Å². The molecule has 33 heavy (non-hydrogen) atoms. The molecule has 0 spiro atoms. The van der Waals surface area contributed by atoms with Crippen molar-refractivity contribution in [1.82, 2.24) is 0 Å². The number of rotatable bonds is 10. The zero-order chi connectivity index (χ0) is 23.6. The Morgan fingerprint density at radius 3 is 2.27 bits per heavy atom. The number of ether oxygens (including phenoxy) is 1. The van der Waals surface area contributed by atoms with Crippen molar-refractivity contribution in [2.24, 2.45) is 0 Å². The van der Waals surface area contributed by atoms with Gasteiger partial charge in [-0.25, -0.2) is 0 Å². The van der Waals surface area contributed by atoms with Gasteiger partial charge in [0.05, 0.1) is 6.42 Å². The smallest absolute Gasteiger partial charge is 0.306 e. The van der Waals surface area contributed by atoms with Crippen LogP contribution in [0, 0.1) is 0 Å². The summed E-state index contributed by atoms with van der Waals surface area (Å²) in [5.74, 6) is -1.53. The number of nitrogens with one attached hydrogen (secondary N) is 1. The summed E-state index contributed by atoms with van der Waals surface area (Å²) in [6.07, 6.45) is 3.00. The standard InChI is InChI=1S/C25H20ClNO5S/c26-19-7-3-18(4-8-19)23(29)16-32-25(31)14-13-24(30)27-20-9-5-17(6-10-20)22(28)12-11-21-2-1-15-33-21/h1-12,15H,13-14,16H2,(H,27,30)/b12-11+. The summed E-state index contributed by atoms with van der Waals surface area (Å²) in [6, 6.07) is 16.5. The van der Waals surface area contributed by atoms with Crippen LogP contribution < -0.4 is 5.32 Å². The Morgan fingerprint density at radius 1 is 0.909 bits per heavy atom.